The monoisotopic (exact) mass is 662 g/mol. The van der Waals surface area contributed by atoms with Crippen molar-refractivity contribution < 1.29 is 32.3 Å². The van der Waals surface area contributed by atoms with Gasteiger partial charge in [0.15, 0.2) is 0 Å². The number of unbranched alkanes of at least 4 members (excludes halogenated alkanes) is 1. The Hall–Kier alpha value is -3.23. The van der Waals surface area contributed by atoms with Crippen molar-refractivity contribution in [3.05, 3.63) is 35.9 Å². The molecule has 46 heavy (non-hydrogen) atoms. The number of carbonyl (C=O) groups is 4. The second-order valence-corrected chi connectivity index (χ2v) is 14.1. The van der Waals surface area contributed by atoms with Crippen molar-refractivity contribution in [2.45, 2.75) is 96.2 Å². The van der Waals surface area contributed by atoms with Crippen LogP contribution in [0.25, 0.3) is 0 Å². The standard InChI is InChI=1S/C32H50N6O7S/c1-4-5-12-27(45-24(2)39)14-15-30(40)35-34-23-37-19-16-26(17-20-37)22-33-31(41)29-13-9-18-38(29)32(42)28(36-46(3,43)44)21-25-10-7-6-8-11-25/h6-8,10-11,26-29,36H,4-5,9,12-23H2,1-3H3,(H,33,41)/t27?,28-,29+/m1/s1. The summed E-state index contributed by atoms with van der Waals surface area (Å²) in [6, 6.07) is 7.57. The summed E-state index contributed by atoms with van der Waals surface area (Å²) in [6.07, 6.45) is 7.08. The van der Waals surface area contributed by atoms with Crippen molar-refractivity contribution in [1.29, 1.82) is 0 Å². The van der Waals surface area contributed by atoms with Crippen molar-refractivity contribution in [3.8, 4) is 0 Å². The number of azo groups is 1. The van der Waals surface area contributed by atoms with Gasteiger partial charge in [-0.15, -0.1) is 5.11 Å². The van der Waals surface area contributed by atoms with Crippen LogP contribution in [0.3, 0.4) is 0 Å². The molecule has 1 aromatic carbocycles. The van der Waals surface area contributed by atoms with Crippen LogP contribution in [0.15, 0.2) is 40.6 Å². The molecule has 1 aromatic rings. The fourth-order valence-electron chi connectivity index (χ4n) is 5.95. The number of nitrogens with zero attached hydrogens (tertiary/aromatic N) is 4. The van der Waals surface area contributed by atoms with Crippen LogP contribution in [-0.2, 0) is 40.4 Å². The van der Waals surface area contributed by atoms with Gasteiger partial charge in [0, 0.05) is 39.5 Å². The number of nitrogens with one attached hydrogen (secondary N) is 2. The van der Waals surface area contributed by atoms with E-state index >= 15 is 0 Å². The van der Waals surface area contributed by atoms with Crippen LogP contribution in [0.1, 0.15) is 77.2 Å². The summed E-state index contributed by atoms with van der Waals surface area (Å²) >= 11 is 0. The summed E-state index contributed by atoms with van der Waals surface area (Å²) < 4.78 is 31.9. The molecule has 0 bridgehead atoms. The molecular formula is C32H50N6O7S. The molecule has 2 saturated heterocycles. The van der Waals surface area contributed by atoms with E-state index in [4.69, 9.17) is 4.74 Å². The lowest BCUT2D eigenvalue weighted by atomic mass is 9.97. The number of sulfonamides is 1. The van der Waals surface area contributed by atoms with Crippen molar-refractivity contribution in [2.24, 2.45) is 16.1 Å². The number of hydrogen-bond acceptors (Lipinski definition) is 9. The van der Waals surface area contributed by atoms with Gasteiger partial charge in [0.2, 0.25) is 21.8 Å². The fraction of sp³-hybridized carbons (Fsp3) is 0.688. The predicted molar refractivity (Wildman–Crippen MR) is 173 cm³/mol. The Kier molecular flexibility index (Phi) is 15.2. The maximum Gasteiger partial charge on any atom is 0.302 e. The first-order valence-electron chi connectivity index (χ1n) is 16.3. The largest absolute Gasteiger partial charge is 0.463 e. The van der Waals surface area contributed by atoms with Crippen molar-refractivity contribution >= 4 is 33.7 Å². The summed E-state index contributed by atoms with van der Waals surface area (Å²) in [4.78, 5) is 53.8. The highest BCUT2D eigenvalue weighted by Crippen LogP contribution is 2.21. The molecular weight excluding hydrogens is 612 g/mol. The molecule has 14 heteroatoms. The SMILES string of the molecule is CCCCC(CCC(=O)N=NCN1CCC(CNC(=O)[C@@H]2CCCN2C(=O)[C@@H](Cc2ccccc2)NS(C)(=O)=O)CC1)OC(C)=O. The molecule has 0 aromatic heterocycles. The molecule has 2 fully saturated rings. The van der Waals surface area contributed by atoms with Crippen LogP contribution in [0.2, 0.25) is 0 Å². The Morgan fingerprint density at radius 2 is 1.76 bits per heavy atom. The molecule has 3 amide bonds. The van der Waals surface area contributed by atoms with Crippen LogP contribution in [0.5, 0.6) is 0 Å². The second-order valence-electron chi connectivity index (χ2n) is 12.3. The normalized spacial score (nSPS) is 19.2. The Morgan fingerprint density at radius 3 is 2.41 bits per heavy atom. The molecule has 3 rings (SSSR count). The lowest BCUT2D eigenvalue weighted by Crippen LogP contribution is -2.54. The Labute approximate surface area is 272 Å². The number of ether oxygens (including phenoxy) is 1. The van der Waals surface area contributed by atoms with Gasteiger partial charge in [-0.3, -0.25) is 24.1 Å². The number of rotatable bonds is 17. The lowest BCUT2D eigenvalue weighted by Gasteiger charge is -2.31. The van der Waals surface area contributed by atoms with Gasteiger partial charge in [-0.1, -0.05) is 50.1 Å². The van der Waals surface area contributed by atoms with Gasteiger partial charge in [0.1, 0.15) is 24.9 Å². The van der Waals surface area contributed by atoms with Crippen molar-refractivity contribution in [1.82, 2.24) is 19.8 Å². The number of benzene rings is 1. The van der Waals surface area contributed by atoms with Gasteiger partial charge >= 0.3 is 5.97 Å². The van der Waals surface area contributed by atoms with Gasteiger partial charge in [0.25, 0.3) is 5.91 Å². The minimum Gasteiger partial charge on any atom is -0.463 e. The first kappa shape index (κ1) is 37.2. The van der Waals surface area contributed by atoms with Gasteiger partial charge < -0.3 is 15.0 Å². The van der Waals surface area contributed by atoms with E-state index in [0.717, 1.165) is 57.0 Å². The summed E-state index contributed by atoms with van der Waals surface area (Å²) in [7, 11) is -3.65. The van der Waals surface area contributed by atoms with E-state index in [1.807, 2.05) is 30.3 Å². The van der Waals surface area contributed by atoms with Gasteiger partial charge in [-0.2, -0.15) is 5.11 Å². The smallest absolute Gasteiger partial charge is 0.302 e. The zero-order valence-electron chi connectivity index (χ0n) is 27.4. The molecule has 2 aliphatic rings. The molecule has 1 unspecified atom stereocenters. The fourth-order valence-corrected chi connectivity index (χ4v) is 6.65. The Bertz CT molecular complexity index is 1280. The number of piperidine rings is 1. The number of amides is 3. The first-order valence-corrected chi connectivity index (χ1v) is 18.2. The van der Waals surface area contributed by atoms with Crippen molar-refractivity contribution in [2.75, 3.05) is 39.1 Å². The number of esters is 1. The van der Waals surface area contributed by atoms with Crippen LogP contribution in [0.4, 0.5) is 0 Å². The maximum atomic E-state index is 13.5. The van der Waals surface area contributed by atoms with Gasteiger partial charge in [0.05, 0.1) is 6.26 Å². The molecule has 3 atom stereocenters. The highest BCUT2D eigenvalue weighted by atomic mass is 32.2. The Morgan fingerprint density at radius 1 is 1.04 bits per heavy atom. The minimum absolute atomic E-state index is 0.179. The minimum atomic E-state index is -3.65. The number of carbonyl (C=O) groups excluding carboxylic acids is 4. The van der Waals surface area contributed by atoms with Crippen LogP contribution >= 0.6 is 0 Å². The third-order valence-electron chi connectivity index (χ3n) is 8.39. The summed E-state index contributed by atoms with van der Waals surface area (Å²) in [6.45, 7) is 6.15. The molecule has 2 aliphatic heterocycles. The van der Waals surface area contributed by atoms with Gasteiger partial charge in [-0.05, 0) is 56.4 Å². The zero-order valence-corrected chi connectivity index (χ0v) is 28.2. The second kappa shape index (κ2) is 18.8. The van der Waals surface area contributed by atoms with E-state index < -0.39 is 28.0 Å². The lowest BCUT2D eigenvalue weighted by molar-refractivity contribution is -0.147. The molecule has 13 nitrogen and oxygen atoms in total. The molecule has 0 radical (unpaired) electrons. The third kappa shape index (κ3) is 13.2. The third-order valence-corrected chi connectivity index (χ3v) is 9.10. The van der Waals surface area contributed by atoms with E-state index in [1.54, 1.807) is 0 Å². The molecule has 2 heterocycles. The van der Waals surface area contributed by atoms with E-state index in [2.05, 4.69) is 32.1 Å². The summed E-state index contributed by atoms with van der Waals surface area (Å²) in [5.41, 5.74) is 0.823. The van der Waals surface area contributed by atoms with Crippen LogP contribution in [0, 0.1) is 5.92 Å². The first-order chi connectivity index (χ1) is 21.9. The van der Waals surface area contributed by atoms with E-state index in [-0.39, 0.29) is 42.6 Å². The molecule has 0 saturated carbocycles. The summed E-state index contributed by atoms with van der Waals surface area (Å²) in [5.74, 6) is -1.02. The van der Waals surface area contributed by atoms with Gasteiger partial charge in [-0.25, -0.2) is 13.1 Å². The highest BCUT2D eigenvalue weighted by Gasteiger charge is 2.38. The van der Waals surface area contributed by atoms with Crippen molar-refractivity contribution in [3.63, 3.8) is 0 Å². The van der Waals surface area contributed by atoms with Crippen LogP contribution in [-0.4, -0.2) is 99.2 Å². The number of hydrogen-bond donors (Lipinski definition) is 2. The van der Waals surface area contributed by atoms with E-state index in [0.29, 0.717) is 39.0 Å². The highest BCUT2D eigenvalue weighted by molar-refractivity contribution is 7.88. The average Bonchev–Trinajstić information content (AvgIpc) is 3.51. The Balaban J connectivity index is 1.41. The topological polar surface area (TPSA) is 167 Å². The average molecular weight is 663 g/mol. The van der Waals surface area contributed by atoms with E-state index in [1.165, 1.54) is 11.8 Å². The van der Waals surface area contributed by atoms with E-state index in [9.17, 15) is 27.6 Å². The molecule has 2 N–H and O–H groups in total. The molecule has 0 aliphatic carbocycles. The quantitative estimate of drug-likeness (QED) is 0.190. The summed E-state index contributed by atoms with van der Waals surface area (Å²) in [5, 5.41) is 10.9. The maximum absolute atomic E-state index is 13.5. The molecule has 256 valence electrons. The molecule has 0 spiro atoms. The predicted octanol–water partition coefficient (Wildman–Crippen LogP) is 2.80. The van der Waals surface area contributed by atoms with Crippen LogP contribution < -0.4 is 10.0 Å². The zero-order chi connectivity index (χ0) is 33.5. The number of likely N-dealkylation sites (tertiary alicyclic amines) is 2.